The molecule has 2 aromatic rings. The first kappa shape index (κ1) is 34.6. The fraction of sp³-hybridized carbons (Fsp3) is 0.576. The Morgan fingerprint density at radius 2 is 1.96 bits per heavy atom. The number of fused-ring (bicyclic) bond motifs is 2. The van der Waals surface area contributed by atoms with Gasteiger partial charge in [-0.25, -0.2) is 17.6 Å². The van der Waals surface area contributed by atoms with Crippen molar-refractivity contribution in [2.24, 2.45) is 5.92 Å². The molecule has 10 nitrogen and oxygen atoms in total. The van der Waals surface area contributed by atoms with Gasteiger partial charge in [0, 0.05) is 54.0 Å². The van der Waals surface area contributed by atoms with E-state index in [0.717, 1.165) is 12.0 Å². The average molecular weight is 679 g/mol. The van der Waals surface area contributed by atoms with Gasteiger partial charge in [0.05, 0.1) is 18.5 Å². The summed E-state index contributed by atoms with van der Waals surface area (Å²) in [4.78, 5) is 26.9. The highest BCUT2D eigenvalue weighted by atomic mass is 35.5. The lowest BCUT2D eigenvalue weighted by Crippen LogP contribution is -2.57. The summed E-state index contributed by atoms with van der Waals surface area (Å²) in [6.07, 6.45) is 2.50. The first-order valence-electron chi connectivity index (χ1n) is 15.9. The lowest BCUT2D eigenvalue weighted by atomic mass is 9.73. The molecule has 252 valence electrons. The Morgan fingerprint density at radius 1 is 1.20 bits per heavy atom. The second kappa shape index (κ2) is 14.6. The number of piperazine rings is 1. The number of anilines is 1. The van der Waals surface area contributed by atoms with Crippen LogP contribution in [-0.4, -0.2) is 81.0 Å². The lowest BCUT2D eigenvalue weighted by molar-refractivity contribution is -0.120. The van der Waals surface area contributed by atoms with E-state index in [2.05, 4.69) is 16.0 Å². The summed E-state index contributed by atoms with van der Waals surface area (Å²) >= 11 is 6.21. The Morgan fingerprint density at radius 3 is 2.67 bits per heavy atom. The van der Waals surface area contributed by atoms with Gasteiger partial charge in [-0.2, -0.15) is 4.31 Å². The van der Waals surface area contributed by atoms with Crippen molar-refractivity contribution in [3.63, 3.8) is 0 Å². The number of rotatable bonds is 9. The highest BCUT2D eigenvalue weighted by molar-refractivity contribution is 7.89. The number of methoxy groups -OCH3 is 1. The van der Waals surface area contributed by atoms with E-state index in [1.807, 2.05) is 26.0 Å². The maximum atomic E-state index is 15.4. The fourth-order valence-corrected chi connectivity index (χ4v) is 9.14. The fourth-order valence-electron chi connectivity index (χ4n) is 7.21. The van der Waals surface area contributed by atoms with Crippen LogP contribution in [0.3, 0.4) is 0 Å². The molecule has 2 unspecified atom stereocenters. The van der Waals surface area contributed by atoms with Crippen molar-refractivity contribution < 1.29 is 31.9 Å². The first-order chi connectivity index (χ1) is 21.9. The molecule has 0 aromatic heterocycles. The number of alkyl carbamates (subject to hydrolysis) is 1. The van der Waals surface area contributed by atoms with E-state index in [4.69, 9.17) is 21.1 Å². The smallest absolute Gasteiger partial charge is 0.407 e. The molecule has 3 heterocycles. The third-order valence-electron chi connectivity index (χ3n) is 9.46. The Labute approximate surface area is 275 Å². The molecule has 3 N–H and O–H groups in total. The molecule has 0 radical (unpaired) electrons. The molecular weight excluding hydrogens is 635 g/mol. The van der Waals surface area contributed by atoms with E-state index in [9.17, 15) is 18.0 Å². The van der Waals surface area contributed by atoms with Crippen molar-refractivity contribution >= 4 is 39.3 Å². The topological polar surface area (TPSA) is 126 Å². The minimum atomic E-state index is -3.41. The Hall–Kier alpha value is -2.77. The van der Waals surface area contributed by atoms with Crippen LogP contribution < -0.4 is 16.0 Å². The molecule has 3 aliphatic heterocycles. The molecule has 2 bridgehead atoms. The van der Waals surface area contributed by atoms with Crippen LogP contribution in [0.15, 0.2) is 42.5 Å². The summed E-state index contributed by atoms with van der Waals surface area (Å²) in [5, 5.41) is 9.65. The largest absolute Gasteiger partial charge is 0.453 e. The average Bonchev–Trinajstić information content (AvgIpc) is 3.12. The number of amides is 2. The molecule has 3 saturated heterocycles. The van der Waals surface area contributed by atoms with Gasteiger partial charge in [0.15, 0.2) is 0 Å². The standard InChI is InChI=1S/C33H44ClFN4O6S/c1-33(2)18-22(15-16-45-33)29(21-9-11-23(34)12-10-21)30(38-32(41)44-3)31(40)37-28-8-4-7-27(35)26(28)14-13-25-19-36-24-6-5-17-46(42,43)39(25)20-24/h4,7-12,22,24-25,29-30,36H,5-6,13-20H2,1-3H3,(H,37,40)(H,38,41)/t22-,24?,25-,29-,30-/m0/s1. The van der Waals surface area contributed by atoms with Gasteiger partial charge in [0.1, 0.15) is 11.9 Å². The van der Waals surface area contributed by atoms with Crippen molar-refractivity contribution in [1.82, 2.24) is 14.9 Å². The predicted octanol–water partition coefficient (Wildman–Crippen LogP) is 4.83. The molecule has 2 amide bonds. The summed E-state index contributed by atoms with van der Waals surface area (Å²) in [7, 11) is -2.17. The van der Waals surface area contributed by atoms with Gasteiger partial charge >= 0.3 is 6.09 Å². The first-order valence-corrected chi connectivity index (χ1v) is 17.9. The Balaban J connectivity index is 1.42. The van der Waals surface area contributed by atoms with Crippen LogP contribution in [-0.2, 0) is 30.7 Å². The van der Waals surface area contributed by atoms with E-state index in [-0.39, 0.29) is 41.4 Å². The van der Waals surface area contributed by atoms with Crippen LogP contribution in [0.4, 0.5) is 14.9 Å². The molecule has 0 saturated carbocycles. The molecule has 3 fully saturated rings. The van der Waals surface area contributed by atoms with Crippen LogP contribution in [0.1, 0.15) is 63.0 Å². The number of benzene rings is 2. The summed E-state index contributed by atoms with van der Waals surface area (Å²) in [6.45, 7) is 5.38. The predicted molar refractivity (Wildman–Crippen MR) is 175 cm³/mol. The Bertz CT molecular complexity index is 1510. The molecule has 5 rings (SSSR count). The summed E-state index contributed by atoms with van der Waals surface area (Å²) in [5.74, 6) is -1.46. The normalized spacial score (nSPS) is 26.6. The second-order valence-electron chi connectivity index (χ2n) is 13.1. The summed E-state index contributed by atoms with van der Waals surface area (Å²) in [5.41, 5.74) is 0.913. The number of ether oxygens (including phenoxy) is 2. The minimum absolute atomic E-state index is 0.0528. The van der Waals surface area contributed by atoms with Gasteiger partial charge in [0.25, 0.3) is 0 Å². The van der Waals surface area contributed by atoms with Gasteiger partial charge < -0.3 is 25.4 Å². The zero-order valence-electron chi connectivity index (χ0n) is 26.6. The van der Waals surface area contributed by atoms with Crippen molar-refractivity contribution in [2.75, 3.05) is 37.9 Å². The minimum Gasteiger partial charge on any atom is -0.453 e. The van der Waals surface area contributed by atoms with Crippen molar-refractivity contribution in [2.45, 2.75) is 82.0 Å². The molecule has 3 aliphatic rings. The lowest BCUT2D eigenvalue weighted by Gasteiger charge is -2.41. The number of hydrogen-bond acceptors (Lipinski definition) is 7. The number of sulfonamides is 1. The van der Waals surface area contributed by atoms with Gasteiger partial charge in [-0.05, 0) is 88.1 Å². The third-order valence-corrected chi connectivity index (χ3v) is 11.7. The molecule has 13 heteroatoms. The van der Waals surface area contributed by atoms with Crippen LogP contribution in [0.2, 0.25) is 5.02 Å². The maximum Gasteiger partial charge on any atom is 0.407 e. The van der Waals surface area contributed by atoms with E-state index in [1.165, 1.54) is 19.2 Å². The maximum absolute atomic E-state index is 15.4. The highest BCUT2D eigenvalue weighted by Gasteiger charge is 2.42. The van der Waals surface area contributed by atoms with E-state index >= 15 is 4.39 Å². The zero-order valence-corrected chi connectivity index (χ0v) is 28.1. The molecule has 0 spiro atoms. The van der Waals surface area contributed by atoms with Crippen LogP contribution in [0, 0.1) is 11.7 Å². The monoisotopic (exact) mass is 678 g/mol. The SMILES string of the molecule is COC(=O)N[C@H](C(=O)Nc1cccc(F)c1CC[C@H]1CNC2CCCS(=O)(=O)N1C2)[C@@H](c1ccc(Cl)cc1)[C@H]1CCOC(C)(C)C1. The van der Waals surface area contributed by atoms with Gasteiger partial charge in [-0.1, -0.05) is 29.8 Å². The Kier molecular flexibility index (Phi) is 10.9. The molecule has 2 aromatic carbocycles. The van der Waals surface area contributed by atoms with Crippen molar-refractivity contribution in [1.29, 1.82) is 0 Å². The van der Waals surface area contributed by atoms with Crippen molar-refractivity contribution in [3.05, 3.63) is 64.4 Å². The number of nitrogens with zero attached hydrogens (tertiary/aromatic N) is 1. The van der Waals surface area contributed by atoms with Gasteiger partial charge in [0.2, 0.25) is 15.9 Å². The van der Waals surface area contributed by atoms with E-state index < -0.39 is 45.4 Å². The molecule has 0 aliphatic carbocycles. The number of hydrogen-bond donors (Lipinski definition) is 3. The van der Waals surface area contributed by atoms with E-state index in [1.54, 1.807) is 22.5 Å². The molecular formula is C33H44ClFN4O6S. The second-order valence-corrected chi connectivity index (χ2v) is 15.6. The summed E-state index contributed by atoms with van der Waals surface area (Å²) in [6, 6.07) is 10.4. The van der Waals surface area contributed by atoms with Gasteiger partial charge in [-0.3, -0.25) is 4.79 Å². The summed E-state index contributed by atoms with van der Waals surface area (Å²) < 4.78 is 53.8. The van der Waals surface area contributed by atoms with Crippen LogP contribution in [0.5, 0.6) is 0 Å². The highest BCUT2D eigenvalue weighted by Crippen LogP contribution is 2.41. The van der Waals surface area contributed by atoms with Crippen LogP contribution in [0.25, 0.3) is 0 Å². The number of carbonyl (C=O) groups is 2. The van der Waals surface area contributed by atoms with Crippen LogP contribution >= 0.6 is 11.6 Å². The molecule has 46 heavy (non-hydrogen) atoms. The number of carbonyl (C=O) groups excluding carboxylic acids is 2. The van der Waals surface area contributed by atoms with Gasteiger partial charge in [-0.15, -0.1) is 0 Å². The third kappa shape index (κ3) is 8.20. The van der Waals surface area contributed by atoms with Crippen molar-refractivity contribution in [3.8, 4) is 0 Å². The quantitative estimate of drug-likeness (QED) is 0.347. The zero-order chi connectivity index (χ0) is 33.1. The molecule has 6 atom stereocenters. The number of nitrogens with one attached hydrogen (secondary N) is 3. The number of halogens is 2. The van der Waals surface area contributed by atoms with E-state index in [0.29, 0.717) is 50.4 Å².